The number of hydrogen-bond donors (Lipinski definition) is 2. The van der Waals surface area contributed by atoms with Gasteiger partial charge in [-0.2, -0.15) is 5.26 Å². The number of halogens is 3. The number of quaternary nitrogens is 1. The van der Waals surface area contributed by atoms with E-state index in [1.54, 1.807) is 12.2 Å². The number of benzene rings is 1. The van der Waals surface area contributed by atoms with Gasteiger partial charge in [-0.15, -0.1) is 0 Å². The van der Waals surface area contributed by atoms with Gasteiger partial charge in [-0.3, -0.25) is 4.79 Å². The molecule has 0 aliphatic carbocycles. The lowest BCUT2D eigenvalue weighted by molar-refractivity contribution is -0.682. The van der Waals surface area contributed by atoms with Crippen molar-refractivity contribution in [3.05, 3.63) is 33.6 Å². The zero-order valence-corrected chi connectivity index (χ0v) is 15.1. The molecular weight excluding hydrogens is 340 g/mol. The zero-order chi connectivity index (χ0) is 17.8. The summed E-state index contributed by atoms with van der Waals surface area (Å²) >= 11 is 11.7. The number of carbonyl (C=O) groups excluding carboxylic acids is 1. The van der Waals surface area contributed by atoms with Crippen LogP contribution in [0, 0.1) is 23.1 Å². The van der Waals surface area contributed by atoms with Crippen LogP contribution in [-0.4, -0.2) is 18.0 Å². The number of nitrogens with two attached hydrogens (primary N) is 1. The summed E-state index contributed by atoms with van der Waals surface area (Å²) in [6.45, 7) is 7.34. The van der Waals surface area contributed by atoms with Gasteiger partial charge in [0.15, 0.2) is 6.54 Å². The van der Waals surface area contributed by atoms with Crippen molar-refractivity contribution in [2.24, 2.45) is 5.92 Å². The average Bonchev–Trinajstić information content (AvgIpc) is 2.48. The van der Waals surface area contributed by atoms with Crippen molar-refractivity contribution in [2.75, 3.05) is 6.54 Å². The Labute approximate surface area is 146 Å². The summed E-state index contributed by atoms with van der Waals surface area (Å²) in [5.41, 5.74) is -0.355. The van der Waals surface area contributed by atoms with Crippen molar-refractivity contribution in [3.8, 4) is 6.07 Å². The quantitative estimate of drug-likeness (QED) is 0.765. The molecule has 4 nitrogen and oxygen atoms in total. The van der Waals surface area contributed by atoms with Gasteiger partial charge in [0.05, 0.1) is 16.1 Å². The third-order valence-corrected chi connectivity index (χ3v) is 4.59. The predicted molar refractivity (Wildman–Crippen MR) is 88.6 cm³/mol. The summed E-state index contributed by atoms with van der Waals surface area (Å²) in [4.78, 5) is 12.0. The third kappa shape index (κ3) is 5.07. The molecule has 2 atom stereocenters. The minimum absolute atomic E-state index is 0.0197. The zero-order valence-electron chi connectivity index (χ0n) is 13.6. The molecule has 1 aromatic carbocycles. The molecule has 1 aromatic rings. The fourth-order valence-corrected chi connectivity index (χ4v) is 2.49. The van der Waals surface area contributed by atoms with E-state index in [0.29, 0.717) is 10.6 Å². The second-order valence-corrected chi connectivity index (χ2v) is 6.85. The van der Waals surface area contributed by atoms with E-state index in [4.69, 9.17) is 23.2 Å². The van der Waals surface area contributed by atoms with Crippen LogP contribution in [0.3, 0.4) is 0 Å². The molecule has 126 valence electrons. The number of hydrogen-bond acceptors (Lipinski definition) is 2. The minimum Gasteiger partial charge on any atom is -0.333 e. The number of nitrogens with zero attached hydrogens (tertiary/aromatic N) is 1. The number of carbonyl (C=O) groups is 1. The normalized spacial score (nSPS) is 14.9. The first-order chi connectivity index (χ1) is 10.6. The van der Waals surface area contributed by atoms with E-state index in [0.717, 1.165) is 0 Å². The second-order valence-electron chi connectivity index (χ2n) is 6.03. The van der Waals surface area contributed by atoms with Crippen molar-refractivity contribution < 1.29 is 14.5 Å². The Morgan fingerprint density at radius 2 is 2.00 bits per heavy atom. The van der Waals surface area contributed by atoms with E-state index in [-0.39, 0.29) is 29.4 Å². The van der Waals surface area contributed by atoms with Crippen LogP contribution in [-0.2, 0) is 4.79 Å². The Hall–Kier alpha value is -1.35. The topological polar surface area (TPSA) is 69.5 Å². The predicted octanol–water partition coefficient (Wildman–Crippen LogP) is 2.81. The minimum atomic E-state index is -0.918. The number of rotatable bonds is 6. The van der Waals surface area contributed by atoms with Gasteiger partial charge in [0.25, 0.3) is 5.91 Å². The molecule has 0 aliphatic heterocycles. The fraction of sp³-hybridized carbons (Fsp3) is 0.500. The maximum atomic E-state index is 13.6. The lowest BCUT2D eigenvalue weighted by atomic mass is 9.90. The standard InChI is InChI=1S/C16H20Cl2FN3O/c1-9(2)16(4,8-20)22-15(23)7-21-10(3)11-5-14(19)13(18)6-12(11)17/h5-6,9-10,21H,7H2,1-4H3,(H,22,23)/p+1/t10-,16+/m0/s1. The van der Waals surface area contributed by atoms with Gasteiger partial charge in [0, 0.05) is 5.56 Å². The molecule has 0 heterocycles. The Balaban J connectivity index is 2.70. The summed E-state index contributed by atoms with van der Waals surface area (Å²) < 4.78 is 13.6. The highest BCUT2D eigenvalue weighted by molar-refractivity contribution is 6.35. The van der Waals surface area contributed by atoms with Gasteiger partial charge in [-0.25, -0.2) is 4.39 Å². The lowest BCUT2D eigenvalue weighted by Crippen LogP contribution is -2.87. The van der Waals surface area contributed by atoms with Gasteiger partial charge in [0.2, 0.25) is 0 Å². The SMILES string of the molecule is CC(C)[C@@](C)(C#N)NC(=O)C[NH2+][C@@H](C)c1cc(F)c(Cl)cc1Cl. The van der Waals surface area contributed by atoms with Crippen molar-refractivity contribution >= 4 is 29.1 Å². The summed E-state index contributed by atoms with van der Waals surface area (Å²) in [5.74, 6) is -0.832. The maximum Gasteiger partial charge on any atom is 0.276 e. The van der Waals surface area contributed by atoms with Gasteiger partial charge in [0.1, 0.15) is 17.4 Å². The molecule has 0 unspecified atom stereocenters. The Morgan fingerprint density at radius 1 is 1.39 bits per heavy atom. The van der Waals surface area contributed by atoms with Crippen LogP contribution in [0.2, 0.25) is 10.0 Å². The second kappa shape index (κ2) is 7.96. The van der Waals surface area contributed by atoms with Crippen molar-refractivity contribution in [2.45, 2.75) is 39.3 Å². The highest BCUT2D eigenvalue weighted by atomic mass is 35.5. The smallest absolute Gasteiger partial charge is 0.276 e. The van der Waals surface area contributed by atoms with Gasteiger partial charge < -0.3 is 10.6 Å². The highest BCUT2D eigenvalue weighted by Gasteiger charge is 2.30. The lowest BCUT2D eigenvalue weighted by Gasteiger charge is -2.27. The van der Waals surface area contributed by atoms with Crippen LogP contribution in [0.5, 0.6) is 0 Å². The maximum absolute atomic E-state index is 13.6. The van der Waals surface area contributed by atoms with Crippen LogP contribution in [0.25, 0.3) is 0 Å². The van der Waals surface area contributed by atoms with Crippen LogP contribution < -0.4 is 10.6 Å². The highest BCUT2D eigenvalue weighted by Crippen LogP contribution is 2.27. The molecule has 3 N–H and O–H groups in total. The molecule has 1 amide bonds. The molecule has 23 heavy (non-hydrogen) atoms. The van der Waals surface area contributed by atoms with Gasteiger partial charge in [-0.1, -0.05) is 37.0 Å². The monoisotopic (exact) mass is 360 g/mol. The van der Waals surface area contributed by atoms with E-state index in [2.05, 4.69) is 11.4 Å². The summed E-state index contributed by atoms with van der Waals surface area (Å²) in [7, 11) is 0. The number of nitriles is 1. The van der Waals surface area contributed by atoms with Crippen LogP contribution >= 0.6 is 23.2 Å². The largest absolute Gasteiger partial charge is 0.333 e. The third-order valence-electron chi connectivity index (χ3n) is 3.97. The Bertz CT molecular complexity index is 630. The molecule has 0 saturated heterocycles. The van der Waals surface area contributed by atoms with Gasteiger partial charge >= 0.3 is 0 Å². The molecule has 0 aliphatic rings. The van der Waals surface area contributed by atoms with E-state index >= 15 is 0 Å². The van der Waals surface area contributed by atoms with Crippen LogP contribution in [0.1, 0.15) is 39.3 Å². The molecule has 0 saturated carbocycles. The molecule has 1 rings (SSSR count). The van der Waals surface area contributed by atoms with Crippen LogP contribution in [0.15, 0.2) is 12.1 Å². The Morgan fingerprint density at radius 3 is 2.52 bits per heavy atom. The first-order valence-electron chi connectivity index (χ1n) is 7.30. The summed E-state index contributed by atoms with van der Waals surface area (Å²) in [6, 6.07) is 4.52. The van der Waals surface area contributed by atoms with Crippen molar-refractivity contribution in [1.29, 1.82) is 5.26 Å². The molecule has 0 fully saturated rings. The van der Waals surface area contributed by atoms with E-state index in [9.17, 15) is 14.4 Å². The molecule has 0 bridgehead atoms. The molecule has 0 spiro atoms. The van der Waals surface area contributed by atoms with E-state index in [1.807, 2.05) is 20.8 Å². The summed E-state index contributed by atoms with van der Waals surface area (Å²) in [5, 5.41) is 14.0. The van der Waals surface area contributed by atoms with Crippen LogP contribution in [0.4, 0.5) is 4.39 Å². The van der Waals surface area contributed by atoms with E-state index < -0.39 is 11.4 Å². The van der Waals surface area contributed by atoms with Crippen molar-refractivity contribution in [3.63, 3.8) is 0 Å². The van der Waals surface area contributed by atoms with Crippen molar-refractivity contribution in [1.82, 2.24) is 5.32 Å². The fourth-order valence-electron chi connectivity index (χ4n) is 1.94. The molecule has 0 radical (unpaired) electrons. The first kappa shape index (κ1) is 19.7. The first-order valence-corrected chi connectivity index (χ1v) is 8.06. The number of amides is 1. The molecule has 0 aromatic heterocycles. The molecule has 7 heteroatoms. The Kier molecular flexibility index (Phi) is 6.82. The number of nitrogens with one attached hydrogen (secondary N) is 1. The summed E-state index contributed by atoms with van der Waals surface area (Å²) in [6.07, 6.45) is 0. The van der Waals surface area contributed by atoms with E-state index in [1.165, 1.54) is 12.1 Å². The average molecular weight is 361 g/mol. The van der Waals surface area contributed by atoms with Gasteiger partial charge in [-0.05, 0) is 31.9 Å². The molecular formula is C16H21Cl2FN3O+.